The molecule has 0 aliphatic heterocycles. The molecule has 0 aromatic heterocycles. The molecule has 8 atom stereocenters. The van der Waals surface area contributed by atoms with Crippen molar-refractivity contribution in [1.82, 2.24) is 10.6 Å². The number of amides is 2. The molecule has 4 rings (SSSR count). The number of carbonyl (C=O) groups is 3. The van der Waals surface area contributed by atoms with E-state index in [1.54, 1.807) is 0 Å². The van der Waals surface area contributed by atoms with Crippen molar-refractivity contribution >= 4 is 23.5 Å². The zero-order valence-corrected chi connectivity index (χ0v) is 24.0. The van der Waals surface area contributed by atoms with E-state index in [0.717, 1.165) is 57.1 Å². The van der Waals surface area contributed by atoms with Crippen molar-refractivity contribution < 1.29 is 29.4 Å². The van der Waals surface area contributed by atoms with Crippen LogP contribution in [-0.4, -0.2) is 58.5 Å². The van der Waals surface area contributed by atoms with Gasteiger partial charge in [0.05, 0.1) is 11.8 Å². The van der Waals surface area contributed by atoms with Crippen molar-refractivity contribution in [1.29, 1.82) is 0 Å². The van der Waals surface area contributed by atoms with Gasteiger partial charge in [0, 0.05) is 0 Å². The Balaban J connectivity index is 1.28. The largest absolute Gasteiger partial charge is 0.480 e. The first-order valence-corrected chi connectivity index (χ1v) is 14.9. The minimum Gasteiger partial charge on any atom is -0.480 e. The van der Waals surface area contributed by atoms with E-state index in [9.17, 15) is 24.6 Å². The van der Waals surface area contributed by atoms with Crippen LogP contribution >= 0.6 is 0 Å². The van der Waals surface area contributed by atoms with Crippen molar-refractivity contribution in [2.24, 2.45) is 33.7 Å². The lowest BCUT2D eigenvalue weighted by Crippen LogP contribution is -2.51. The molecule has 0 saturated heterocycles. The average molecular weight is 546 g/mol. The molecule has 4 N–H and O–H groups in total. The van der Waals surface area contributed by atoms with Gasteiger partial charge < -0.3 is 25.7 Å². The minimum atomic E-state index is -1.08. The fourth-order valence-corrected chi connectivity index (χ4v) is 8.10. The van der Waals surface area contributed by atoms with E-state index in [1.165, 1.54) is 18.9 Å². The fraction of sp³-hybridized carbons (Fsp3) is 0.800. The molecular formula is C30H47N3O6. The smallest absolute Gasteiger partial charge is 0.326 e. The first kappa shape index (κ1) is 29.6. The fourth-order valence-electron chi connectivity index (χ4n) is 8.10. The second kappa shape index (κ2) is 12.0. The van der Waals surface area contributed by atoms with Crippen LogP contribution in [0.1, 0.15) is 98.3 Å². The molecule has 39 heavy (non-hydrogen) atoms. The highest BCUT2D eigenvalue weighted by Crippen LogP contribution is 2.65. The van der Waals surface area contributed by atoms with Gasteiger partial charge in [-0.2, -0.15) is 0 Å². The number of nitrogens with zero attached hydrogens (tertiary/aromatic N) is 1. The Morgan fingerprint density at radius 2 is 1.87 bits per heavy atom. The summed E-state index contributed by atoms with van der Waals surface area (Å²) in [7, 11) is 0. The third-order valence-corrected chi connectivity index (χ3v) is 10.5. The van der Waals surface area contributed by atoms with Gasteiger partial charge in [-0.25, -0.2) is 4.79 Å². The summed E-state index contributed by atoms with van der Waals surface area (Å²) in [4.78, 5) is 41.4. The lowest BCUT2D eigenvalue weighted by atomic mass is 9.47. The number of carboxylic acids is 1. The monoisotopic (exact) mass is 545 g/mol. The third-order valence-electron chi connectivity index (χ3n) is 10.5. The van der Waals surface area contributed by atoms with Crippen LogP contribution in [0.15, 0.2) is 16.8 Å². The highest BCUT2D eigenvalue weighted by Gasteiger charge is 2.58. The normalized spacial score (nSPS) is 36.0. The predicted molar refractivity (Wildman–Crippen MR) is 148 cm³/mol. The van der Waals surface area contributed by atoms with Gasteiger partial charge in [0.2, 0.25) is 5.91 Å². The number of unbranched alkanes of at least 4 members (excludes halogenated alkanes) is 1. The van der Waals surface area contributed by atoms with Gasteiger partial charge in [0.15, 0.2) is 6.61 Å². The van der Waals surface area contributed by atoms with E-state index in [0.29, 0.717) is 30.6 Å². The van der Waals surface area contributed by atoms with Crippen LogP contribution < -0.4 is 10.6 Å². The van der Waals surface area contributed by atoms with Crippen LogP contribution in [0.3, 0.4) is 0 Å². The van der Waals surface area contributed by atoms with Crippen LogP contribution in [-0.2, 0) is 19.2 Å². The molecule has 0 unspecified atom stereocenters. The van der Waals surface area contributed by atoms with E-state index >= 15 is 0 Å². The molecule has 0 spiro atoms. The number of carboxylic acid groups (broad SMARTS) is 1. The van der Waals surface area contributed by atoms with Gasteiger partial charge in [-0.1, -0.05) is 44.3 Å². The maximum Gasteiger partial charge on any atom is 0.326 e. The highest BCUT2D eigenvalue weighted by atomic mass is 16.6. The van der Waals surface area contributed by atoms with Crippen molar-refractivity contribution in [3.05, 3.63) is 11.6 Å². The molecular weight excluding hydrogens is 498 g/mol. The molecule has 0 bridgehead atoms. The number of aliphatic hydroxyl groups is 1. The maximum absolute atomic E-state index is 12.4. The Morgan fingerprint density at radius 3 is 2.59 bits per heavy atom. The van der Waals surface area contributed by atoms with Gasteiger partial charge >= 0.3 is 5.97 Å². The minimum absolute atomic E-state index is 0.0830. The van der Waals surface area contributed by atoms with Gasteiger partial charge in [-0.3, -0.25) is 9.59 Å². The van der Waals surface area contributed by atoms with Crippen molar-refractivity contribution in [2.75, 3.05) is 6.61 Å². The summed E-state index contributed by atoms with van der Waals surface area (Å²) >= 11 is 0. The predicted octanol–water partition coefficient (Wildman–Crippen LogP) is 3.95. The van der Waals surface area contributed by atoms with Crippen LogP contribution in [0.25, 0.3) is 0 Å². The topological polar surface area (TPSA) is 137 Å². The summed E-state index contributed by atoms with van der Waals surface area (Å²) in [6.07, 6.45) is 12.3. The highest BCUT2D eigenvalue weighted by molar-refractivity contribution is 5.96. The summed E-state index contributed by atoms with van der Waals surface area (Å²) in [6, 6.07) is -1.86. The van der Waals surface area contributed by atoms with Crippen LogP contribution in [0, 0.1) is 28.6 Å². The molecule has 3 fully saturated rings. The summed E-state index contributed by atoms with van der Waals surface area (Å²) in [6.45, 7) is 7.88. The number of nitrogens with one attached hydrogen (secondary N) is 2. The molecule has 9 nitrogen and oxygen atoms in total. The quantitative estimate of drug-likeness (QED) is 0.307. The SMILES string of the molecule is CCCC[C@@H](NC(=O)[C@@H](C)NC(=O)CO/N=C1/C=C2CC[C@H]3[C@@H]4CC[C@@H](O)[C@@]4(C)CC[C@@H]3[C@@]2(C)CC1)C(=O)O. The molecule has 0 radical (unpaired) electrons. The van der Waals surface area contributed by atoms with E-state index in [4.69, 9.17) is 4.84 Å². The van der Waals surface area contributed by atoms with Crippen molar-refractivity contribution in [3.63, 3.8) is 0 Å². The molecule has 9 heteroatoms. The lowest BCUT2D eigenvalue weighted by molar-refractivity contribution is -0.142. The first-order valence-electron chi connectivity index (χ1n) is 14.9. The average Bonchev–Trinajstić information content (AvgIpc) is 3.20. The first-order chi connectivity index (χ1) is 18.5. The number of hydrogen-bond acceptors (Lipinski definition) is 6. The van der Waals surface area contributed by atoms with E-state index in [2.05, 4.69) is 35.7 Å². The van der Waals surface area contributed by atoms with Crippen molar-refractivity contribution in [3.8, 4) is 0 Å². The Bertz CT molecular complexity index is 1010. The van der Waals surface area contributed by atoms with Gasteiger partial charge in [0.25, 0.3) is 5.91 Å². The van der Waals surface area contributed by atoms with E-state index in [1.807, 2.05) is 6.92 Å². The number of carbonyl (C=O) groups excluding carboxylic acids is 2. The molecule has 2 amide bonds. The van der Waals surface area contributed by atoms with E-state index in [-0.39, 0.29) is 23.5 Å². The molecule has 218 valence electrons. The molecule has 4 aliphatic carbocycles. The van der Waals surface area contributed by atoms with Crippen LogP contribution in [0.4, 0.5) is 0 Å². The number of hydrogen-bond donors (Lipinski definition) is 4. The summed E-state index contributed by atoms with van der Waals surface area (Å²) in [5, 5.41) is 29.3. The van der Waals surface area contributed by atoms with Gasteiger partial charge in [0.1, 0.15) is 12.1 Å². The molecule has 0 aromatic carbocycles. The second-order valence-electron chi connectivity index (χ2n) is 12.8. The Kier molecular flexibility index (Phi) is 9.08. The maximum atomic E-state index is 12.4. The Hall–Kier alpha value is -2.42. The van der Waals surface area contributed by atoms with Gasteiger partial charge in [-0.05, 0) is 99.4 Å². The van der Waals surface area contributed by atoms with Crippen LogP contribution in [0.5, 0.6) is 0 Å². The Morgan fingerprint density at radius 1 is 1.10 bits per heavy atom. The zero-order chi connectivity index (χ0) is 28.4. The standard InChI is InChI=1S/C30H47N3O6/c1-5-6-7-24(28(37)38)32-27(36)18(2)31-26(35)17-39-33-20-12-14-29(3)19(16-20)8-9-21-22-10-11-25(34)30(22,4)15-13-23(21)29/h16,18,21-25,34H,5-15,17H2,1-4H3,(H,31,35)(H,32,36)(H,37,38)/b33-20+/t18-,21+,22+,23+,24-,25-,29+,30+/m1/s1. The number of aliphatic hydroxyl groups excluding tert-OH is 1. The molecule has 4 aliphatic rings. The van der Waals surface area contributed by atoms with Crippen LogP contribution in [0.2, 0.25) is 0 Å². The van der Waals surface area contributed by atoms with Gasteiger partial charge in [-0.15, -0.1) is 0 Å². The zero-order valence-electron chi connectivity index (χ0n) is 24.0. The molecule has 0 aromatic rings. The number of rotatable bonds is 10. The number of aliphatic carboxylic acids is 1. The summed E-state index contributed by atoms with van der Waals surface area (Å²) in [5.74, 6) is -0.166. The number of oxime groups is 1. The summed E-state index contributed by atoms with van der Waals surface area (Å²) < 4.78 is 0. The van der Waals surface area contributed by atoms with E-state index < -0.39 is 29.9 Å². The van der Waals surface area contributed by atoms with Crippen molar-refractivity contribution in [2.45, 2.75) is 117 Å². The molecule has 3 saturated carbocycles. The number of allylic oxidation sites excluding steroid dienone is 2. The molecule has 0 heterocycles. The summed E-state index contributed by atoms with van der Waals surface area (Å²) in [5.41, 5.74) is 2.52. The Labute approximate surface area is 232 Å². The second-order valence-corrected chi connectivity index (χ2v) is 12.8. The lowest BCUT2D eigenvalue weighted by Gasteiger charge is -2.57. The number of fused-ring (bicyclic) bond motifs is 5. The third kappa shape index (κ3) is 6.03.